The van der Waals surface area contributed by atoms with Crippen LogP contribution in [0.15, 0.2) is 48.7 Å². The van der Waals surface area contributed by atoms with E-state index in [0.29, 0.717) is 5.69 Å². The van der Waals surface area contributed by atoms with E-state index in [0.717, 1.165) is 17.0 Å². The molecule has 130 valence electrons. The predicted molar refractivity (Wildman–Crippen MR) is 82.1 cm³/mol. The van der Waals surface area contributed by atoms with Gasteiger partial charge in [0.05, 0.1) is 17.8 Å². The first-order chi connectivity index (χ1) is 11.7. The molecule has 1 aliphatic heterocycles. The summed E-state index contributed by atoms with van der Waals surface area (Å²) in [5, 5.41) is 2.56. The maximum absolute atomic E-state index is 12.8. The van der Waals surface area contributed by atoms with Crippen molar-refractivity contribution >= 4 is 11.9 Å². The van der Waals surface area contributed by atoms with E-state index >= 15 is 0 Å². The van der Waals surface area contributed by atoms with E-state index in [2.05, 4.69) is 10.3 Å². The van der Waals surface area contributed by atoms with Crippen LogP contribution in [0.1, 0.15) is 23.7 Å². The number of hydrogen-bond acceptors (Lipinski definition) is 3. The van der Waals surface area contributed by atoms with E-state index in [1.807, 2.05) is 0 Å². The van der Waals surface area contributed by atoms with Crippen LogP contribution in [0.5, 0.6) is 0 Å². The van der Waals surface area contributed by atoms with E-state index in [9.17, 15) is 22.8 Å². The molecule has 0 aliphatic carbocycles. The highest BCUT2D eigenvalue weighted by molar-refractivity contribution is 6.06. The molecule has 3 amide bonds. The summed E-state index contributed by atoms with van der Waals surface area (Å²) in [4.78, 5) is 29.9. The SMILES string of the molecule is CC1(c2ccccn2)NC(=O)N(Cc2cccc(C(F)(F)F)c2)C1=O. The number of urea groups is 1. The monoisotopic (exact) mass is 349 g/mol. The first kappa shape index (κ1) is 16.9. The molecule has 5 nitrogen and oxygen atoms in total. The molecule has 25 heavy (non-hydrogen) atoms. The van der Waals surface area contributed by atoms with Gasteiger partial charge < -0.3 is 5.32 Å². The number of carbonyl (C=O) groups is 2. The summed E-state index contributed by atoms with van der Waals surface area (Å²) in [6, 6.07) is 8.84. The van der Waals surface area contributed by atoms with Crippen molar-refractivity contribution in [1.82, 2.24) is 15.2 Å². The summed E-state index contributed by atoms with van der Waals surface area (Å²) in [5.41, 5.74) is -1.60. The van der Waals surface area contributed by atoms with E-state index in [-0.39, 0.29) is 12.1 Å². The molecule has 2 heterocycles. The molecule has 3 rings (SSSR count). The number of amides is 3. The molecule has 1 fully saturated rings. The van der Waals surface area contributed by atoms with Crippen LogP contribution in [0.25, 0.3) is 0 Å². The molecule has 0 saturated carbocycles. The summed E-state index contributed by atoms with van der Waals surface area (Å²) in [7, 11) is 0. The lowest BCUT2D eigenvalue weighted by molar-refractivity contribution is -0.137. The number of aromatic nitrogens is 1. The van der Waals surface area contributed by atoms with Crippen molar-refractivity contribution in [2.45, 2.75) is 25.2 Å². The Labute approximate surface area is 141 Å². The summed E-state index contributed by atoms with van der Waals surface area (Å²) in [6.45, 7) is 1.26. The Balaban J connectivity index is 1.87. The normalized spacial score (nSPS) is 20.7. The molecule has 1 saturated heterocycles. The second-order valence-corrected chi connectivity index (χ2v) is 5.86. The van der Waals surface area contributed by atoms with Crippen molar-refractivity contribution in [3.05, 3.63) is 65.5 Å². The Hall–Kier alpha value is -2.90. The van der Waals surface area contributed by atoms with Gasteiger partial charge in [-0.1, -0.05) is 18.2 Å². The summed E-state index contributed by atoms with van der Waals surface area (Å²) in [6.07, 6.45) is -2.99. The van der Waals surface area contributed by atoms with Crippen molar-refractivity contribution < 1.29 is 22.8 Å². The quantitative estimate of drug-likeness (QED) is 0.867. The topological polar surface area (TPSA) is 62.3 Å². The Morgan fingerprint density at radius 2 is 1.92 bits per heavy atom. The Morgan fingerprint density at radius 1 is 1.16 bits per heavy atom. The lowest BCUT2D eigenvalue weighted by atomic mass is 9.97. The van der Waals surface area contributed by atoms with Crippen LogP contribution in [0.4, 0.5) is 18.0 Å². The fourth-order valence-corrected chi connectivity index (χ4v) is 2.70. The minimum absolute atomic E-state index is 0.212. The Kier molecular flexibility index (Phi) is 3.98. The lowest BCUT2D eigenvalue weighted by Gasteiger charge is -2.21. The van der Waals surface area contributed by atoms with Crippen LogP contribution in [0, 0.1) is 0 Å². The molecular formula is C17H14F3N3O2. The zero-order valence-corrected chi connectivity index (χ0v) is 13.2. The maximum atomic E-state index is 12.8. The van der Waals surface area contributed by atoms with Crippen molar-refractivity contribution in [2.75, 3.05) is 0 Å². The fourth-order valence-electron chi connectivity index (χ4n) is 2.70. The largest absolute Gasteiger partial charge is 0.416 e. The van der Waals surface area contributed by atoms with E-state index in [4.69, 9.17) is 0 Å². The smallest absolute Gasteiger partial charge is 0.318 e. The third-order valence-electron chi connectivity index (χ3n) is 4.05. The average Bonchev–Trinajstić information content (AvgIpc) is 2.80. The zero-order valence-electron chi connectivity index (χ0n) is 13.2. The molecular weight excluding hydrogens is 335 g/mol. The average molecular weight is 349 g/mol. The van der Waals surface area contributed by atoms with Crippen LogP contribution in [-0.2, 0) is 23.1 Å². The molecule has 1 aliphatic rings. The second-order valence-electron chi connectivity index (χ2n) is 5.86. The number of alkyl halides is 3. The number of rotatable bonds is 3. The molecule has 1 atom stereocenters. The van der Waals surface area contributed by atoms with Gasteiger partial charge in [0.25, 0.3) is 5.91 Å². The maximum Gasteiger partial charge on any atom is 0.416 e. The first-order valence-corrected chi connectivity index (χ1v) is 7.43. The van der Waals surface area contributed by atoms with E-state index < -0.39 is 29.2 Å². The molecule has 0 spiro atoms. The van der Waals surface area contributed by atoms with Gasteiger partial charge in [-0.25, -0.2) is 4.79 Å². The standard InChI is InChI=1S/C17H14F3N3O2/c1-16(13-7-2-3-8-21-13)14(24)23(15(25)22-16)10-11-5-4-6-12(9-11)17(18,19)20/h2-9H,10H2,1H3,(H,22,25). The summed E-state index contributed by atoms with van der Waals surface area (Å²) >= 11 is 0. The van der Waals surface area contributed by atoms with Gasteiger partial charge in [0.15, 0.2) is 5.54 Å². The third-order valence-corrected chi connectivity index (χ3v) is 4.05. The van der Waals surface area contributed by atoms with Gasteiger partial charge >= 0.3 is 12.2 Å². The van der Waals surface area contributed by atoms with Crippen molar-refractivity contribution in [3.8, 4) is 0 Å². The molecule has 0 bridgehead atoms. The Morgan fingerprint density at radius 3 is 2.56 bits per heavy atom. The molecule has 1 unspecified atom stereocenters. The minimum atomic E-state index is -4.49. The van der Waals surface area contributed by atoms with E-state index in [1.54, 1.807) is 18.2 Å². The number of benzene rings is 1. The van der Waals surface area contributed by atoms with Gasteiger partial charge in [-0.2, -0.15) is 13.2 Å². The van der Waals surface area contributed by atoms with Gasteiger partial charge in [0.1, 0.15) is 0 Å². The Bertz CT molecular complexity index is 823. The minimum Gasteiger partial charge on any atom is -0.318 e. The fraction of sp³-hybridized carbons (Fsp3) is 0.235. The van der Waals surface area contributed by atoms with Crippen molar-refractivity contribution in [2.24, 2.45) is 0 Å². The van der Waals surface area contributed by atoms with Crippen LogP contribution >= 0.6 is 0 Å². The summed E-state index contributed by atoms with van der Waals surface area (Å²) in [5.74, 6) is -0.561. The highest BCUT2D eigenvalue weighted by Crippen LogP contribution is 2.31. The number of pyridine rings is 1. The van der Waals surface area contributed by atoms with Gasteiger partial charge in [0.2, 0.25) is 0 Å². The predicted octanol–water partition coefficient (Wildman–Crippen LogP) is 3.07. The van der Waals surface area contributed by atoms with E-state index in [1.165, 1.54) is 25.3 Å². The highest BCUT2D eigenvalue weighted by Gasteiger charge is 2.49. The molecule has 1 N–H and O–H groups in total. The first-order valence-electron chi connectivity index (χ1n) is 7.43. The lowest BCUT2D eigenvalue weighted by Crippen LogP contribution is -2.41. The van der Waals surface area contributed by atoms with Crippen LogP contribution in [0.2, 0.25) is 0 Å². The van der Waals surface area contributed by atoms with Gasteiger partial charge in [-0.15, -0.1) is 0 Å². The van der Waals surface area contributed by atoms with Crippen molar-refractivity contribution in [1.29, 1.82) is 0 Å². The number of halogens is 3. The van der Waals surface area contributed by atoms with Gasteiger partial charge in [0, 0.05) is 6.20 Å². The molecule has 0 radical (unpaired) electrons. The zero-order chi connectivity index (χ0) is 18.2. The number of nitrogens with zero attached hydrogens (tertiary/aromatic N) is 2. The second kappa shape index (κ2) is 5.87. The molecule has 8 heteroatoms. The number of hydrogen-bond donors (Lipinski definition) is 1. The van der Waals surface area contributed by atoms with Crippen LogP contribution in [-0.4, -0.2) is 21.8 Å². The van der Waals surface area contributed by atoms with Crippen LogP contribution in [0.3, 0.4) is 0 Å². The van der Waals surface area contributed by atoms with Gasteiger partial charge in [-0.3, -0.25) is 14.7 Å². The summed E-state index contributed by atoms with van der Waals surface area (Å²) < 4.78 is 38.4. The van der Waals surface area contributed by atoms with Gasteiger partial charge in [-0.05, 0) is 36.8 Å². The van der Waals surface area contributed by atoms with Crippen LogP contribution < -0.4 is 5.32 Å². The number of nitrogens with one attached hydrogen (secondary N) is 1. The molecule has 1 aromatic heterocycles. The molecule has 2 aromatic rings. The molecule has 1 aromatic carbocycles. The number of carbonyl (C=O) groups excluding carboxylic acids is 2. The highest BCUT2D eigenvalue weighted by atomic mass is 19.4. The third kappa shape index (κ3) is 3.07. The van der Waals surface area contributed by atoms with Crippen molar-refractivity contribution in [3.63, 3.8) is 0 Å². The number of imide groups is 1.